The van der Waals surface area contributed by atoms with E-state index in [-0.39, 0.29) is 0 Å². The summed E-state index contributed by atoms with van der Waals surface area (Å²) in [5.41, 5.74) is 3.37. The van der Waals surface area contributed by atoms with Gasteiger partial charge in [0.25, 0.3) is 0 Å². The fourth-order valence-corrected chi connectivity index (χ4v) is 9.84. The van der Waals surface area contributed by atoms with Gasteiger partial charge in [-0.3, -0.25) is 4.98 Å². The van der Waals surface area contributed by atoms with Crippen molar-refractivity contribution in [2.24, 2.45) is 0 Å². The van der Waals surface area contributed by atoms with Gasteiger partial charge < -0.3 is 0 Å². The minimum absolute atomic E-state index is 0.976. The minimum atomic E-state index is -2.56. The molecule has 0 unspecified atom stereocenters. The van der Waals surface area contributed by atoms with Crippen LogP contribution in [0.1, 0.15) is 16.8 Å². The number of benzene rings is 4. The molecule has 5 aromatic rings. The van der Waals surface area contributed by atoms with Crippen molar-refractivity contribution in [2.75, 3.05) is 0 Å². The molecule has 0 amide bonds. The summed E-state index contributed by atoms with van der Waals surface area (Å²) in [5.74, 6) is 0. The van der Waals surface area contributed by atoms with Crippen LogP contribution in [0, 0.1) is 6.92 Å². The molecule has 5 rings (SSSR count). The number of hydrogen-bond donors (Lipinski definition) is 0. The normalized spacial score (nSPS) is 11.6. The lowest BCUT2D eigenvalue weighted by Gasteiger charge is -2.35. The van der Waals surface area contributed by atoms with Crippen molar-refractivity contribution in [3.8, 4) is 0 Å². The molecular weight excluding hydrogens is 426 g/mol. The van der Waals surface area contributed by atoms with Gasteiger partial charge in [0.1, 0.15) is 0 Å². The summed E-state index contributed by atoms with van der Waals surface area (Å²) in [4.78, 5) is 4.78. The zero-order chi connectivity index (χ0) is 23.2. The third kappa shape index (κ3) is 4.16. The first kappa shape index (κ1) is 21.8. The average molecular weight is 454 g/mol. The number of pyridine rings is 1. The Bertz CT molecular complexity index is 1280. The smallest absolute Gasteiger partial charge is 0.180 e. The van der Waals surface area contributed by atoms with E-state index in [1.807, 2.05) is 12.3 Å². The van der Waals surface area contributed by atoms with E-state index in [1.165, 1.54) is 31.9 Å². The monoisotopic (exact) mass is 453 g/mol. The molecule has 0 saturated heterocycles. The van der Waals surface area contributed by atoms with Crippen molar-refractivity contribution in [3.63, 3.8) is 0 Å². The van der Waals surface area contributed by atoms with E-state index in [2.05, 4.69) is 140 Å². The molecule has 0 bridgehead atoms. The molecular formula is C32H27NSi. The van der Waals surface area contributed by atoms with Crippen LogP contribution in [0.25, 0.3) is 12.2 Å². The predicted molar refractivity (Wildman–Crippen MR) is 148 cm³/mol. The third-order valence-electron chi connectivity index (χ3n) is 6.39. The second kappa shape index (κ2) is 9.86. The first-order valence-electron chi connectivity index (χ1n) is 11.7. The quantitative estimate of drug-likeness (QED) is 0.262. The van der Waals surface area contributed by atoms with Gasteiger partial charge in [-0.2, -0.15) is 0 Å². The van der Waals surface area contributed by atoms with E-state index in [0.29, 0.717) is 0 Å². The molecule has 0 spiro atoms. The summed E-state index contributed by atoms with van der Waals surface area (Å²) >= 11 is 0. The van der Waals surface area contributed by atoms with Crippen LogP contribution in [0.4, 0.5) is 0 Å². The van der Waals surface area contributed by atoms with Gasteiger partial charge in [0.15, 0.2) is 8.07 Å². The van der Waals surface area contributed by atoms with Crippen LogP contribution >= 0.6 is 0 Å². The molecule has 4 aromatic carbocycles. The second-order valence-electron chi connectivity index (χ2n) is 8.52. The van der Waals surface area contributed by atoms with E-state index in [1.54, 1.807) is 0 Å². The Kier molecular flexibility index (Phi) is 6.33. The molecule has 0 fully saturated rings. The molecule has 1 aromatic heterocycles. The van der Waals surface area contributed by atoms with Crippen molar-refractivity contribution in [1.29, 1.82) is 0 Å². The molecule has 0 aliphatic heterocycles. The minimum Gasteiger partial charge on any atom is -0.257 e. The first-order chi connectivity index (χ1) is 16.8. The van der Waals surface area contributed by atoms with E-state index in [0.717, 1.165) is 5.69 Å². The summed E-state index contributed by atoms with van der Waals surface area (Å²) in [6, 6.07) is 45.8. The molecule has 0 saturated carbocycles. The van der Waals surface area contributed by atoms with Crippen LogP contribution in [0.2, 0.25) is 0 Å². The highest BCUT2D eigenvalue weighted by Gasteiger charge is 2.42. The van der Waals surface area contributed by atoms with Crippen LogP contribution in [0.15, 0.2) is 134 Å². The summed E-state index contributed by atoms with van der Waals surface area (Å²) in [6.07, 6.45) is 6.30. The van der Waals surface area contributed by atoms with Crippen LogP contribution < -0.4 is 20.7 Å². The van der Waals surface area contributed by atoms with Crippen LogP contribution in [0.5, 0.6) is 0 Å². The second-order valence-corrected chi connectivity index (χ2v) is 12.3. The fourth-order valence-electron chi connectivity index (χ4n) is 4.81. The Morgan fingerprint density at radius 2 is 1.00 bits per heavy atom. The molecule has 0 aliphatic carbocycles. The molecule has 164 valence electrons. The number of aromatic nitrogens is 1. The Morgan fingerprint density at radius 1 is 0.559 bits per heavy atom. The van der Waals surface area contributed by atoms with Crippen molar-refractivity contribution in [3.05, 3.63) is 150 Å². The molecule has 0 N–H and O–H groups in total. The number of hydrogen-bond acceptors (Lipinski definition) is 1. The predicted octanol–water partition coefficient (Wildman–Crippen LogP) is 4.94. The van der Waals surface area contributed by atoms with Gasteiger partial charge >= 0.3 is 0 Å². The average Bonchev–Trinajstić information content (AvgIpc) is 2.92. The van der Waals surface area contributed by atoms with E-state index in [9.17, 15) is 0 Å². The molecule has 1 heterocycles. The number of nitrogens with zero attached hydrogens (tertiary/aromatic N) is 1. The summed E-state index contributed by atoms with van der Waals surface area (Å²) in [5, 5.41) is 5.50. The molecule has 0 atom stereocenters. The lowest BCUT2D eigenvalue weighted by atomic mass is 10.2. The summed E-state index contributed by atoms with van der Waals surface area (Å²) in [6.45, 7) is 2.20. The van der Waals surface area contributed by atoms with Gasteiger partial charge in [-0.25, -0.2) is 0 Å². The maximum Gasteiger partial charge on any atom is 0.180 e. The van der Waals surface area contributed by atoms with Crippen molar-refractivity contribution in [1.82, 2.24) is 4.98 Å². The Balaban J connectivity index is 1.79. The lowest BCUT2D eigenvalue weighted by molar-refractivity contribution is 1.26. The van der Waals surface area contributed by atoms with Crippen molar-refractivity contribution < 1.29 is 0 Å². The third-order valence-corrected chi connectivity index (χ3v) is 11.3. The van der Waals surface area contributed by atoms with E-state index >= 15 is 0 Å². The summed E-state index contributed by atoms with van der Waals surface area (Å²) < 4.78 is 0. The SMILES string of the molecule is Cc1cnc(/C=C/c2ccccc2)cc1[Si](c1ccccc1)(c1ccccc1)c1ccccc1. The highest BCUT2D eigenvalue weighted by molar-refractivity contribution is 7.20. The lowest BCUT2D eigenvalue weighted by Crippen LogP contribution is -2.75. The number of aryl methyl sites for hydroxylation is 1. The maximum absolute atomic E-state index is 4.78. The topological polar surface area (TPSA) is 12.9 Å². The highest BCUT2D eigenvalue weighted by atomic mass is 28.3. The summed E-state index contributed by atoms with van der Waals surface area (Å²) in [7, 11) is -2.56. The highest BCUT2D eigenvalue weighted by Crippen LogP contribution is 2.14. The fraction of sp³-hybridized carbons (Fsp3) is 0.0312. The first-order valence-corrected chi connectivity index (χ1v) is 13.7. The van der Waals surface area contributed by atoms with Crippen molar-refractivity contribution >= 4 is 41.0 Å². The Morgan fingerprint density at radius 3 is 1.47 bits per heavy atom. The van der Waals surface area contributed by atoms with E-state index < -0.39 is 8.07 Å². The molecule has 1 nitrogen and oxygen atoms in total. The van der Waals surface area contributed by atoms with Crippen molar-refractivity contribution in [2.45, 2.75) is 6.92 Å². The van der Waals surface area contributed by atoms with Gasteiger partial charge in [0.05, 0.1) is 5.69 Å². The maximum atomic E-state index is 4.78. The Labute approximate surface area is 203 Å². The molecule has 0 radical (unpaired) electrons. The van der Waals surface area contributed by atoms with Gasteiger partial charge in [0.2, 0.25) is 0 Å². The molecule has 34 heavy (non-hydrogen) atoms. The van der Waals surface area contributed by atoms with Gasteiger partial charge in [-0.05, 0) is 50.9 Å². The van der Waals surface area contributed by atoms with Crippen LogP contribution in [-0.2, 0) is 0 Å². The largest absolute Gasteiger partial charge is 0.257 e. The molecule has 2 heteroatoms. The van der Waals surface area contributed by atoms with E-state index in [4.69, 9.17) is 4.98 Å². The molecule has 0 aliphatic rings. The number of rotatable bonds is 6. The van der Waals surface area contributed by atoms with Crippen LogP contribution in [-0.4, -0.2) is 13.1 Å². The standard InChI is InChI=1S/C32H27NSi/c1-26-25-33-28(23-22-27-14-6-2-7-15-27)24-32(26)34(29-16-8-3-9-17-29,30-18-10-4-11-19-30)31-20-12-5-13-21-31/h2-25H,1H3/b23-22+. The van der Waals surface area contributed by atoms with Gasteiger partial charge in [-0.15, -0.1) is 0 Å². The van der Waals surface area contributed by atoms with Gasteiger partial charge in [0, 0.05) is 6.20 Å². The van der Waals surface area contributed by atoms with Gasteiger partial charge in [-0.1, -0.05) is 127 Å². The zero-order valence-electron chi connectivity index (χ0n) is 19.3. The zero-order valence-corrected chi connectivity index (χ0v) is 20.3. The van der Waals surface area contributed by atoms with Crippen LogP contribution in [0.3, 0.4) is 0 Å². The Hall–Kier alpha value is -4.01.